The predicted octanol–water partition coefficient (Wildman–Crippen LogP) is 1.23. The summed E-state index contributed by atoms with van der Waals surface area (Å²) in [6.45, 7) is 4.44. The van der Waals surface area contributed by atoms with Crippen molar-refractivity contribution in [2.75, 3.05) is 26.7 Å². The van der Waals surface area contributed by atoms with Crippen molar-refractivity contribution in [3.8, 4) is 0 Å². The summed E-state index contributed by atoms with van der Waals surface area (Å²) in [5.41, 5.74) is 0.957. The summed E-state index contributed by atoms with van der Waals surface area (Å²) < 4.78 is 26.9. The van der Waals surface area contributed by atoms with E-state index >= 15 is 0 Å². The van der Waals surface area contributed by atoms with E-state index in [1.54, 1.807) is 18.2 Å². The SMILES string of the molecule is Cc1cccc(S(=O)(=O)NCC2CCN(C)C2)c1. The monoisotopic (exact) mass is 268 g/mol. The minimum atomic E-state index is -3.36. The Morgan fingerprint density at radius 1 is 1.44 bits per heavy atom. The van der Waals surface area contributed by atoms with Gasteiger partial charge in [-0.25, -0.2) is 13.1 Å². The fourth-order valence-electron chi connectivity index (χ4n) is 2.29. The smallest absolute Gasteiger partial charge is 0.240 e. The molecule has 1 aliphatic heterocycles. The first-order valence-corrected chi connectivity index (χ1v) is 7.70. The normalized spacial score (nSPS) is 21.3. The second kappa shape index (κ2) is 5.38. The molecular weight excluding hydrogens is 248 g/mol. The number of rotatable bonds is 4. The first-order valence-electron chi connectivity index (χ1n) is 6.22. The van der Waals surface area contributed by atoms with Crippen molar-refractivity contribution in [1.82, 2.24) is 9.62 Å². The van der Waals surface area contributed by atoms with E-state index in [1.165, 1.54) is 0 Å². The lowest BCUT2D eigenvalue weighted by Crippen LogP contribution is -2.30. The van der Waals surface area contributed by atoms with Gasteiger partial charge in [-0.1, -0.05) is 12.1 Å². The average Bonchev–Trinajstić information content (AvgIpc) is 2.73. The number of nitrogens with one attached hydrogen (secondary N) is 1. The van der Waals surface area contributed by atoms with Gasteiger partial charge in [0.15, 0.2) is 0 Å². The molecule has 2 rings (SSSR count). The van der Waals surface area contributed by atoms with Crippen LogP contribution in [0.3, 0.4) is 0 Å². The van der Waals surface area contributed by atoms with Crippen LogP contribution in [-0.4, -0.2) is 40.0 Å². The molecule has 0 amide bonds. The van der Waals surface area contributed by atoms with Gasteiger partial charge in [0.1, 0.15) is 0 Å². The molecule has 1 fully saturated rings. The van der Waals surface area contributed by atoms with E-state index in [4.69, 9.17) is 0 Å². The molecule has 0 spiro atoms. The van der Waals surface area contributed by atoms with Gasteiger partial charge in [0.25, 0.3) is 0 Å². The molecule has 1 saturated heterocycles. The predicted molar refractivity (Wildman–Crippen MR) is 72.0 cm³/mol. The van der Waals surface area contributed by atoms with Crippen LogP contribution in [0.4, 0.5) is 0 Å². The number of nitrogens with zero attached hydrogens (tertiary/aromatic N) is 1. The summed E-state index contributed by atoms with van der Waals surface area (Å²) in [5, 5.41) is 0. The van der Waals surface area contributed by atoms with Gasteiger partial charge in [0, 0.05) is 13.1 Å². The lowest BCUT2D eigenvalue weighted by Gasteiger charge is -2.12. The molecule has 1 heterocycles. The van der Waals surface area contributed by atoms with Gasteiger partial charge in [0.05, 0.1) is 4.90 Å². The maximum Gasteiger partial charge on any atom is 0.240 e. The maximum absolute atomic E-state index is 12.1. The molecule has 0 aliphatic carbocycles. The van der Waals surface area contributed by atoms with Crippen LogP contribution in [0.2, 0.25) is 0 Å². The van der Waals surface area contributed by atoms with E-state index in [0.29, 0.717) is 17.4 Å². The summed E-state index contributed by atoms with van der Waals surface area (Å²) >= 11 is 0. The Balaban J connectivity index is 1.99. The van der Waals surface area contributed by atoms with Gasteiger partial charge in [0.2, 0.25) is 10.0 Å². The van der Waals surface area contributed by atoms with E-state index in [0.717, 1.165) is 25.1 Å². The van der Waals surface area contributed by atoms with E-state index in [9.17, 15) is 8.42 Å². The van der Waals surface area contributed by atoms with E-state index in [-0.39, 0.29) is 0 Å². The highest BCUT2D eigenvalue weighted by atomic mass is 32.2. The third kappa shape index (κ3) is 3.31. The number of likely N-dealkylation sites (tertiary alicyclic amines) is 1. The molecule has 100 valence electrons. The Hall–Kier alpha value is -0.910. The zero-order valence-electron chi connectivity index (χ0n) is 10.9. The third-order valence-corrected chi connectivity index (χ3v) is 4.77. The molecule has 4 nitrogen and oxygen atoms in total. The number of hydrogen-bond donors (Lipinski definition) is 1. The van der Waals surface area contributed by atoms with E-state index in [2.05, 4.69) is 16.7 Å². The Kier molecular flexibility index (Phi) is 4.04. The first-order chi connectivity index (χ1) is 8.47. The highest BCUT2D eigenvalue weighted by Gasteiger charge is 2.22. The van der Waals surface area contributed by atoms with Crippen molar-refractivity contribution in [3.05, 3.63) is 29.8 Å². The lowest BCUT2D eigenvalue weighted by molar-refractivity contribution is 0.394. The molecule has 1 atom stereocenters. The van der Waals surface area contributed by atoms with Gasteiger partial charge in [-0.15, -0.1) is 0 Å². The van der Waals surface area contributed by atoms with Crippen molar-refractivity contribution in [2.24, 2.45) is 5.92 Å². The number of benzene rings is 1. The van der Waals surface area contributed by atoms with Crippen molar-refractivity contribution in [1.29, 1.82) is 0 Å². The van der Waals surface area contributed by atoms with Crippen molar-refractivity contribution < 1.29 is 8.42 Å². The van der Waals surface area contributed by atoms with Gasteiger partial charge in [-0.3, -0.25) is 0 Å². The standard InChI is InChI=1S/C13H20N2O2S/c1-11-4-3-5-13(8-11)18(16,17)14-9-12-6-7-15(2)10-12/h3-5,8,12,14H,6-7,9-10H2,1-2H3. The summed E-state index contributed by atoms with van der Waals surface area (Å²) in [6, 6.07) is 7.00. The van der Waals surface area contributed by atoms with Crippen molar-refractivity contribution in [3.63, 3.8) is 0 Å². The molecule has 1 N–H and O–H groups in total. The van der Waals surface area contributed by atoms with E-state index in [1.807, 2.05) is 13.0 Å². The van der Waals surface area contributed by atoms with Crippen LogP contribution in [-0.2, 0) is 10.0 Å². The van der Waals surface area contributed by atoms with Gasteiger partial charge in [-0.05, 0) is 50.6 Å². The quantitative estimate of drug-likeness (QED) is 0.893. The van der Waals surface area contributed by atoms with Crippen molar-refractivity contribution >= 4 is 10.0 Å². The van der Waals surface area contributed by atoms with Crippen LogP contribution >= 0.6 is 0 Å². The highest BCUT2D eigenvalue weighted by molar-refractivity contribution is 7.89. The lowest BCUT2D eigenvalue weighted by atomic mass is 10.1. The molecule has 0 bridgehead atoms. The molecule has 5 heteroatoms. The van der Waals surface area contributed by atoms with Crippen LogP contribution in [0.25, 0.3) is 0 Å². The number of aryl methyl sites for hydroxylation is 1. The fraction of sp³-hybridized carbons (Fsp3) is 0.538. The van der Waals surface area contributed by atoms with E-state index < -0.39 is 10.0 Å². The fourth-order valence-corrected chi connectivity index (χ4v) is 3.51. The van der Waals surface area contributed by atoms with Gasteiger partial charge in [-0.2, -0.15) is 0 Å². The van der Waals surface area contributed by atoms with Crippen LogP contribution in [0, 0.1) is 12.8 Å². The minimum Gasteiger partial charge on any atom is -0.306 e. The number of sulfonamides is 1. The first kappa shape index (κ1) is 13.5. The van der Waals surface area contributed by atoms with Gasteiger partial charge < -0.3 is 4.90 Å². The van der Waals surface area contributed by atoms with Crippen LogP contribution < -0.4 is 4.72 Å². The second-order valence-corrected chi connectivity index (χ2v) is 6.85. The molecule has 1 aromatic carbocycles. The summed E-state index contributed by atoms with van der Waals surface area (Å²) in [5.74, 6) is 0.426. The molecule has 18 heavy (non-hydrogen) atoms. The second-order valence-electron chi connectivity index (χ2n) is 5.09. The summed E-state index contributed by atoms with van der Waals surface area (Å²) in [7, 11) is -1.29. The molecule has 0 aromatic heterocycles. The molecule has 1 aromatic rings. The molecule has 0 radical (unpaired) electrons. The maximum atomic E-state index is 12.1. The Morgan fingerprint density at radius 3 is 2.83 bits per heavy atom. The molecular formula is C13H20N2O2S. The highest BCUT2D eigenvalue weighted by Crippen LogP contribution is 2.15. The molecule has 0 saturated carbocycles. The Labute approximate surface area is 109 Å². The zero-order chi connectivity index (χ0) is 13.2. The zero-order valence-corrected chi connectivity index (χ0v) is 11.7. The molecule has 1 aliphatic rings. The molecule has 1 unspecified atom stereocenters. The largest absolute Gasteiger partial charge is 0.306 e. The average molecular weight is 268 g/mol. The summed E-state index contributed by atoms with van der Waals surface area (Å²) in [6.07, 6.45) is 1.06. The van der Waals surface area contributed by atoms with Crippen molar-refractivity contribution in [2.45, 2.75) is 18.2 Å². The van der Waals surface area contributed by atoms with Crippen LogP contribution in [0.5, 0.6) is 0 Å². The number of hydrogen-bond acceptors (Lipinski definition) is 3. The Bertz CT molecular complexity index is 513. The minimum absolute atomic E-state index is 0.355. The summed E-state index contributed by atoms with van der Waals surface area (Å²) in [4.78, 5) is 2.58. The van der Waals surface area contributed by atoms with Crippen LogP contribution in [0.1, 0.15) is 12.0 Å². The Morgan fingerprint density at radius 2 is 2.22 bits per heavy atom. The topological polar surface area (TPSA) is 49.4 Å². The third-order valence-electron chi connectivity index (χ3n) is 3.35. The van der Waals surface area contributed by atoms with Gasteiger partial charge >= 0.3 is 0 Å². The van der Waals surface area contributed by atoms with Crippen LogP contribution in [0.15, 0.2) is 29.2 Å².